The highest BCUT2D eigenvalue weighted by molar-refractivity contribution is 7.99. The number of carbonyl (C=O) groups excluding carboxylic acids is 1. The van der Waals surface area contributed by atoms with Crippen LogP contribution in [0, 0.1) is 0 Å². The normalized spacial score (nSPS) is 10.7. The number of nitrogens with one attached hydrogen (secondary N) is 1. The summed E-state index contributed by atoms with van der Waals surface area (Å²) in [6, 6.07) is 9.80. The first-order valence-corrected chi connectivity index (χ1v) is 8.98. The second-order valence-electron chi connectivity index (χ2n) is 5.64. The van der Waals surface area contributed by atoms with Crippen LogP contribution >= 0.6 is 11.8 Å². The number of aromatic nitrogens is 5. The number of rotatable bonds is 7. The molecule has 3 aromatic rings. The summed E-state index contributed by atoms with van der Waals surface area (Å²) in [5.41, 5.74) is 1.82. The summed E-state index contributed by atoms with van der Waals surface area (Å²) in [5.74, 6) is 1.34. The molecule has 0 unspecified atom stereocenters. The van der Waals surface area contributed by atoms with Crippen LogP contribution in [0.1, 0.15) is 5.56 Å². The van der Waals surface area contributed by atoms with Gasteiger partial charge in [0, 0.05) is 26.8 Å². The molecule has 136 valence electrons. The fourth-order valence-corrected chi connectivity index (χ4v) is 3.17. The third-order valence-corrected chi connectivity index (χ3v) is 4.75. The number of nitrogens with zero attached hydrogens (tertiary/aromatic N) is 5. The molecule has 0 aliphatic carbocycles. The van der Waals surface area contributed by atoms with Crippen LogP contribution in [0.5, 0.6) is 5.88 Å². The second-order valence-corrected chi connectivity index (χ2v) is 6.58. The van der Waals surface area contributed by atoms with Gasteiger partial charge in [-0.1, -0.05) is 42.1 Å². The predicted octanol–water partition coefficient (Wildman–Crippen LogP) is 1.63. The number of amides is 1. The van der Waals surface area contributed by atoms with Gasteiger partial charge in [-0.25, -0.2) is 0 Å². The summed E-state index contributed by atoms with van der Waals surface area (Å²) in [6.45, 7) is 0.511. The first kappa shape index (κ1) is 18.0. The molecular weight excluding hydrogens is 352 g/mol. The van der Waals surface area contributed by atoms with Crippen LogP contribution in [0.3, 0.4) is 0 Å². The molecule has 0 aliphatic rings. The van der Waals surface area contributed by atoms with Gasteiger partial charge in [0.05, 0.1) is 12.9 Å². The highest BCUT2D eigenvalue weighted by Gasteiger charge is 2.18. The number of methoxy groups -OCH3 is 1. The highest BCUT2D eigenvalue weighted by atomic mass is 32.2. The summed E-state index contributed by atoms with van der Waals surface area (Å²) in [5, 5.41) is 16.2. The van der Waals surface area contributed by atoms with Gasteiger partial charge < -0.3 is 14.6 Å². The van der Waals surface area contributed by atoms with E-state index >= 15 is 0 Å². The third-order valence-electron chi connectivity index (χ3n) is 3.73. The van der Waals surface area contributed by atoms with Crippen molar-refractivity contribution in [3.8, 4) is 17.3 Å². The molecule has 9 heteroatoms. The van der Waals surface area contributed by atoms with Gasteiger partial charge in [0.15, 0.2) is 11.0 Å². The van der Waals surface area contributed by atoms with E-state index in [4.69, 9.17) is 4.74 Å². The fourth-order valence-electron chi connectivity index (χ4n) is 2.42. The molecular formula is C17H20N6O2S. The Labute approximate surface area is 155 Å². The molecule has 8 nitrogen and oxygen atoms in total. The minimum atomic E-state index is -0.0534. The zero-order valence-corrected chi connectivity index (χ0v) is 15.7. The molecule has 0 fully saturated rings. The Hall–Kier alpha value is -2.81. The van der Waals surface area contributed by atoms with E-state index in [0.29, 0.717) is 23.4 Å². The minimum absolute atomic E-state index is 0.0534. The molecule has 1 N–H and O–H groups in total. The van der Waals surface area contributed by atoms with E-state index in [9.17, 15) is 4.79 Å². The summed E-state index contributed by atoms with van der Waals surface area (Å²) in [6.07, 6.45) is 1.82. The average molecular weight is 372 g/mol. The maximum Gasteiger partial charge on any atom is 0.243 e. The van der Waals surface area contributed by atoms with E-state index in [1.54, 1.807) is 11.8 Å². The maximum absolute atomic E-state index is 12.1. The number of benzene rings is 1. The van der Waals surface area contributed by atoms with Gasteiger partial charge in [-0.2, -0.15) is 0 Å². The Morgan fingerprint density at radius 2 is 2.00 bits per heavy atom. The van der Waals surface area contributed by atoms with Crippen molar-refractivity contribution in [2.45, 2.75) is 11.7 Å². The van der Waals surface area contributed by atoms with Gasteiger partial charge >= 0.3 is 0 Å². The Morgan fingerprint density at radius 1 is 1.23 bits per heavy atom. The van der Waals surface area contributed by atoms with E-state index < -0.39 is 0 Å². The Balaban J connectivity index is 1.61. The van der Waals surface area contributed by atoms with Gasteiger partial charge in [0.2, 0.25) is 11.8 Å². The smallest absolute Gasteiger partial charge is 0.243 e. The van der Waals surface area contributed by atoms with Gasteiger partial charge in [-0.05, 0) is 5.56 Å². The van der Waals surface area contributed by atoms with Crippen molar-refractivity contribution >= 4 is 17.7 Å². The standard InChI is InChI=1S/C17H20N6O2S/c1-22-10-13(16(21-22)25-3)15-19-20-17(23(15)2)26-11-14(24)18-9-12-7-5-4-6-8-12/h4-8,10H,9,11H2,1-3H3,(H,18,24). The molecule has 1 aromatic carbocycles. The van der Waals surface area contributed by atoms with Crippen molar-refractivity contribution in [1.29, 1.82) is 0 Å². The Bertz CT molecular complexity index is 890. The average Bonchev–Trinajstić information content (AvgIpc) is 3.21. The van der Waals surface area contributed by atoms with E-state index in [1.165, 1.54) is 11.8 Å². The molecule has 1 amide bonds. The quantitative estimate of drug-likeness (QED) is 0.635. The van der Waals surface area contributed by atoms with Crippen molar-refractivity contribution in [1.82, 2.24) is 29.9 Å². The molecule has 0 radical (unpaired) electrons. The largest absolute Gasteiger partial charge is 0.479 e. The van der Waals surface area contributed by atoms with Crippen LogP contribution in [0.15, 0.2) is 41.7 Å². The summed E-state index contributed by atoms with van der Waals surface area (Å²) < 4.78 is 8.76. The van der Waals surface area contributed by atoms with Crippen molar-refractivity contribution in [3.63, 3.8) is 0 Å². The van der Waals surface area contributed by atoms with Crippen LogP contribution in [-0.4, -0.2) is 43.3 Å². The van der Waals surface area contributed by atoms with E-state index in [1.807, 2.05) is 55.2 Å². The van der Waals surface area contributed by atoms with Gasteiger partial charge in [-0.15, -0.1) is 15.3 Å². The monoisotopic (exact) mass is 372 g/mol. The third kappa shape index (κ3) is 4.05. The first-order chi connectivity index (χ1) is 12.6. The lowest BCUT2D eigenvalue weighted by Gasteiger charge is -2.05. The molecule has 0 aliphatic heterocycles. The zero-order chi connectivity index (χ0) is 18.5. The van der Waals surface area contributed by atoms with Crippen LogP contribution in [0.4, 0.5) is 0 Å². The maximum atomic E-state index is 12.1. The molecule has 2 heterocycles. The number of thioether (sulfide) groups is 1. The topological polar surface area (TPSA) is 86.9 Å². The first-order valence-electron chi connectivity index (χ1n) is 7.99. The van der Waals surface area contributed by atoms with Crippen LogP contribution in [0.25, 0.3) is 11.4 Å². The summed E-state index contributed by atoms with van der Waals surface area (Å²) in [4.78, 5) is 12.1. The SMILES string of the molecule is COc1nn(C)cc1-c1nnc(SCC(=O)NCc2ccccc2)n1C. The van der Waals surface area contributed by atoms with Crippen LogP contribution < -0.4 is 10.1 Å². The molecule has 3 rings (SSSR count). The van der Waals surface area contributed by atoms with Crippen molar-refractivity contribution in [3.05, 3.63) is 42.1 Å². The Kier molecular flexibility index (Phi) is 5.57. The van der Waals surface area contributed by atoms with E-state index in [-0.39, 0.29) is 11.7 Å². The number of carbonyl (C=O) groups is 1. The van der Waals surface area contributed by atoms with Gasteiger partial charge in [-0.3, -0.25) is 9.48 Å². The number of hydrogen-bond acceptors (Lipinski definition) is 6. The van der Waals surface area contributed by atoms with Crippen molar-refractivity contribution in [2.24, 2.45) is 14.1 Å². The molecule has 0 saturated heterocycles. The molecule has 0 spiro atoms. The molecule has 0 atom stereocenters. The molecule has 0 bridgehead atoms. The highest BCUT2D eigenvalue weighted by Crippen LogP contribution is 2.28. The van der Waals surface area contributed by atoms with Crippen molar-refractivity contribution < 1.29 is 9.53 Å². The summed E-state index contributed by atoms with van der Waals surface area (Å²) >= 11 is 1.34. The lowest BCUT2D eigenvalue weighted by atomic mass is 10.2. The van der Waals surface area contributed by atoms with Gasteiger partial charge in [0.1, 0.15) is 5.56 Å². The minimum Gasteiger partial charge on any atom is -0.479 e. The second kappa shape index (κ2) is 8.05. The van der Waals surface area contributed by atoms with E-state index in [2.05, 4.69) is 20.6 Å². The van der Waals surface area contributed by atoms with Crippen molar-refractivity contribution in [2.75, 3.05) is 12.9 Å². The fraction of sp³-hybridized carbons (Fsp3) is 0.294. The number of aryl methyl sites for hydroxylation is 1. The molecule has 2 aromatic heterocycles. The predicted molar refractivity (Wildman–Crippen MR) is 98.8 cm³/mol. The number of hydrogen-bond donors (Lipinski definition) is 1. The zero-order valence-electron chi connectivity index (χ0n) is 14.8. The van der Waals surface area contributed by atoms with E-state index in [0.717, 1.165) is 11.1 Å². The number of ether oxygens (including phenoxy) is 1. The van der Waals surface area contributed by atoms with Crippen LogP contribution in [-0.2, 0) is 25.4 Å². The lowest BCUT2D eigenvalue weighted by Crippen LogP contribution is -2.24. The van der Waals surface area contributed by atoms with Crippen LogP contribution in [0.2, 0.25) is 0 Å². The summed E-state index contributed by atoms with van der Waals surface area (Å²) in [7, 11) is 5.23. The Morgan fingerprint density at radius 3 is 2.73 bits per heavy atom. The molecule has 26 heavy (non-hydrogen) atoms. The molecule has 0 saturated carbocycles. The lowest BCUT2D eigenvalue weighted by molar-refractivity contribution is -0.118. The van der Waals surface area contributed by atoms with Gasteiger partial charge in [0.25, 0.3) is 0 Å².